The van der Waals surface area contributed by atoms with E-state index >= 15 is 0 Å². The van der Waals surface area contributed by atoms with Crippen LogP contribution in [0.15, 0.2) is 23.2 Å². The average Bonchev–Trinajstić information content (AvgIpc) is 2.64. The van der Waals surface area contributed by atoms with Crippen molar-refractivity contribution in [3.8, 4) is 11.5 Å². The zero-order valence-corrected chi connectivity index (χ0v) is 16.6. The lowest BCUT2D eigenvalue weighted by Gasteiger charge is -2.24. The smallest absolute Gasteiger partial charge is 0.191 e. The summed E-state index contributed by atoms with van der Waals surface area (Å²) in [5.41, 5.74) is 1.03. The third-order valence-electron chi connectivity index (χ3n) is 4.35. The maximum Gasteiger partial charge on any atom is 0.191 e. The van der Waals surface area contributed by atoms with Crippen LogP contribution in [0.1, 0.15) is 32.8 Å². The van der Waals surface area contributed by atoms with Gasteiger partial charge in [0, 0.05) is 37.3 Å². The first-order valence-electron chi connectivity index (χ1n) is 8.98. The number of ether oxygens (including phenoxy) is 2. The van der Waals surface area contributed by atoms with E-state index in [4.69, 9.17) is 9.47 Å². The molecular weight excluding hydrogens is 316 g/mol. The zero-order valence-electron chi connectivity index (χ0n) is 16.6. The number of rotatable bonds is 10. The number of nitrogens with one attached hydrogen (secondary N) is 2. The molecule has 0 aromatic heterocycles. The van der Waals surface area contributed by atoms with Crippen molar-refractivity contribution in [2.24, 2.45) is 4.99 Å². The minimum atomic E-state index is 0.545. The van der Waals surface area contributed by atoms with Crippen LogP contribution < -0.4 is 20.1 Å². The fourth-order valence-corrected chi connectivity index (χ4v) is 2.37. The molecule has 0 saturated carbocycles. The van der Waals surface area contributed by atoms with Gasteiger partial charge in [0.05, 0.1) is 20.8 Å². The lowest BCUT2D eigenvalue weighted by Crippen LogP contribution is -2.42. The maximum absolute atomic E-state index is 5.43. The molecular formula is C19H34N4O2. The number of aliphatic imine (C=N–C) groups is 1. The Bertz CT molecular complexity index is 534. The van der Waals surface area contributed by atoms with E-state index < -0.39 is 0 Å². The number of likely N-dealkylation sites (N-methyl/N-ethyl adjacent to an activating group) is 1. The molecule has 0 heterocycles. The highest BCUT2D eigenvalue weighted by Crippen LogP contribution is 2.25. The van der Waals surface area contributed by atoms with Crippen molar-refractivity contribution >= 4 is 5.96 Å². The lowest BCUT2D eigenvalue weighted by atomic mass is 10.2. The molecule has 0 aliphatic carbocycles. The van der Waals surface area contributed by atoms with Gasteiger partial charge in [-0.05, 0) is 39.4 Å². The Morgan fingerprint density at radius 3 is 2.56 bits per heavy atom. The number of methoxy groups -OCH3 is 2. The number of hydrogen-bond donors (Lipinski definition) is 2. The summed E-state index contributed by atoms with van der Waals surface area (Å²) in [4.78, 5) is 7.02. The van der Waals surface area contributed by atoms with E-state index in [1.165, 1.54) is 0 Å². The summed E-state index contributed by atoms with van der Waals surface area (Å²) in [5, 5.41) is 6.68. The van der Waals surface area contributed by atoms with Crippen LogP contribution in [0.2, 0.25) is 0 Å². The summed E-state index contributed by atoms with van der Waals surface area (Å²) in [5.74, 6) is 2.39. The first-order valence-corrected chi connectivity index (χ1v) is 8.98. The SMILES string of the molecule is CCNC(=NCc1ccc(OC)cc1OC)NCCN(C)C(C)CC. The van der Waals surface area contributed by atoms with Gasteiger partial charge >= 0.3 is 0 Å². The molecule has 6 nitrogen and oxygen atoms in total. The van der Waals surface area contributed by atoms with Gasteiger partial charge < -0.3 is 25.0 Å². The molecule has 1 rings (SSSR count). The van der Waals surface area contributed by atoms with Crippen LogP contribution in [-0.2, 0) is 6.54 Å². The molecule has 1 unspecified atom stereocenters. The third-order valence-corrected chi connectivity index (χ3v) is 4.35. The Hall–Kier alpha value is -1.95. The van der Waals surface area contributed by atoms with Gasteiger partial charge in [0.15, 0.2) is 5.96 Å². The Kier molecular flexibility index (Phi) is 9.77. The molecule has 1 aromatic rings. The largest absolute Gasteiger partial charge is 0.497 e. The van der Waals surface area contributed by atoms with Crippen LogP contribution in [0.3, 0.4) is 0 Å². The molecule has 142 valence electrons. The monoisotopic (exact) mass is 350 g/mol. The number of hydrogen-bond acceptors (Lipinski definition) is 4. The van der Waals surface area contributed by atoms with E-state index in [1.54, 1.807) is 14.2 Å². The molecule has 1 aromatic carbocycles. The number of benzene rings is 1. The fourth-order valence-electron chi connectivity index (χ4n) is 2.37. The Morgan fingerprint density at radius 1 is 1.20 bits per heavy atom. The predicted molar refractivity (Wildman–Crippen MR) is 105 cm³/mol. The van der Waals surface area contributed by atoms with Gasteiger partial charge in [-0.2, -0.15) is 0 Å². The molecule has 2 N–H and O–H groups in total. The molecule has 1 atom stereocenters. The second-order valence-electron chi connectivity index (χ2n) is 6.04. The van der Waals surface area contributed by atoms with E-state index in [-0.39, 0.29) is 0 Å². The Balaban J connectivity index is 2.66. The fraction of sp³-hybridized carbons (Fsp3) is 0.632. The van der Waals surface area contributed by atoms with Crippen molar-refractivity contribution in [2.45, 2.75) is 39.8 Å². The summed E-state index contributed by atoms with van der Waals surface area (Å²) in [6, 6.07) is 6.38. The number of guanidine groups is 1. The molecule has 0 aliphatic heterocycles. The molecule has 25 heavy (non-hydrogen) atoms. The van der Waals surface area contributed by atoms with E-state index in [0.717, 1.165) is 49.1 Å². The van der Waals surface area contributed by atoms with Crippen LogP contribution in [0.4, 0.5) is 0 Å². The highest BCUT2D eigenvalue weighted by atomic mass is 16.5. The van der Waals surface area contributed by atoms with Crippen LogP contribution in [0, 0.1) is 0 Å². The van der Waals surface area contributed by atoms with E-state index in [2.05, 4.69) is 48.3 Å². The van der Waals surface area contributed by atoms with Gasteiger partial charge in [-0.1, -0.05) is 6.92 Å². The first kappa shape index (κ1) is 21.1. The van der Waals surface area contributed by atoms with Crippen molar-refractivity contribution in [2.75, 3.05) is 40.9 Å². The van der Waals surface area contributed by atoms with Crippen LogP contribution in [-0.4, -0.2) is 57.8 Å². The molecule has 0 fully saturated rings. The summed E-state index contributed by atoms with van der Waals surface area (Å²) in [6.07, 6.45) is 1.15. The number of nitrogens with zero attached hydrogens (tertiary/aromatic N) is 2. The van der Waals surface area contributed by atoms with Crippen molar-refractivity contribution in [3.63, 3.8) is 0 Å². The van der Waals surface area contributed by atoms with Gasteiger partial charge in [-0.25, -0.2) is 4.99 Å². The van der Waals surface area contributed by atoms with Gasteiger partial charge in [-0.3, -0.25) is 0 Å². The van der Waals surface area contributed by atoms with E-state index in [0.29, 0.717) is 12.6 Å². The van der Waals surface area contributed by atoms with Gasteiger partial charge in [0.25, 0.3) is 0 Å². The minimum Gasteiger partial charge on any atom is -0.497 e. The summed E-state index contributed by atoms with van der Waals surface area (Å²) < 4.78 is 10.7. The highest BCUT2D eigenvalue weighted by molar-refractivity contribution is 5.79. The van der Waals surface area contributed by atoms with Crippen LogP contribution in [0.25, 0.3) is 0 Å². The molecule has 0 saturated heterocycles. The van der Waals surface area contributed by atoms with Gasteiger partial charge in [0.2, 0.25) is 0 Å². The summed E-state index contributed by atoms with van der Waals surface area (Å²) in [6.45, 7) is 9.72. The molecule has 0 aliphatic rings. The summed E-state index contributed by atoms with van der Waals surface area (Å²) >= 11 is 0. The predicted octanol–water partition coefficient (Wildman–Crippen LogP) is 2.49. The van der Waals surface area contributed by atoms with Crippen molar-refractivity contribution in [3.05, 3.63) is 23.8 Å². The second kappa shape index (κ2) is 11.6. The Labute approximate surface area is 152 Å². The molecule has 0 spiro atoms. The third kappa shape index (κ3) is 7.22. The van der Waals surface area contributed by atoms with Crippen LogP contribution >= 0.6 is 0 Å². The highest BCUT2D eigenvalue weighted by Gasteiger charge is 2.07. The minimum absolute atomic E-state index is 0.545. The normalized spacial score (nSPS) is 12.8. The van der Waals surface area contributed by atoms with Gasteiger partial charge in [-0.15, -0.1) is 0 Å². The lowest BCUT2D eigenvalue weighted by molar-refractivity contribution is 0.255. The summed E-state index contributed by atoms with van der Waals surface area (Å²) in [7, 11) is 5.47. The standard InChI is InChI=1S/C19H34N4O2/c1-7-15(3)23(4)12-11-21-19(20-8-2)22-14-16-9-10-17(24-5)13-18(16)25-6/h9-10,13,15H,7-8,11-12,14H2,1-6H3,(H2,20,21,22). The van der Waals surface area contributed by atoms with Crippen molar-refractivity contribution in [1.29, 1.82) is 0 Å². The molecule has 0 amide bonds. The maximum atomic E-state index is 5.43. The van der Waals surface area contributed by atoms with E-state index in [1.807, 2.05) is 18.2 Å². The molecule has 0 bridgehead atoms. The van der Waals surface area contributed by atoms with Crippen molar-refractivity contribution in [1.82, 2.24) is 15.5 Å². The average molecular weight is 351 g/mol. The second-order valence-corrected chi connectivity index (χ2v) is 6.04. The molecule has 6 heteroatoms. The van der Waals surface area contributed by atoms with Crippen LogP contribution in [0.5, 0.6) is 11.5 Å². The van der Waals surface area contributed by atoms with E-state index in [9.17, 15) is 0 Å². The molecule has 0 radical (unpaired) electrons. The van der Waals surface area contributed by atoms with Gasteiger partial charge in [0.1, 0.15) is 11.5 Å². The topological polar surface area (TPSA) is 58.1 Å². The van der Waals surface area contributed by atoms with Crippen molar-refractivity contribution < 1.29 is 9.47 Å². The first-order chi connectivity index (χ1) is 12.0. The quantitative estimate of drug-likeness (QED) is 0.501. The zero-order chi connectivity index (χ0) is 18.7. The Morgan fingerprint density at radius 2 is 1.96 bits per heavy atom.